The average Bonchev–Trinajstić information content (AvgIpc) is 2.76. The van der Waals surface area contributed by atoms with Crippen LogP contribution in [0.5, 0.6) is 0 Å². The van der Waals surface area contributed by atoms with E-state index < -0.39 is 17.6 Å². The van der Waals surface area contributed by atoms with Gasteiger partial charge in [-0.2, -0.15) is 13.2 Å². The third kappa shape index (κ3) is 3.07. The maximum absolute atomic E-state index is 12.7. The number of hydrogen-bond donors (Lipinski definition) is 1. The van der Waals surface area contributed by atoms with E-state index in [1.54, 1.807) is 12.1 Å². The summed E-state index contributed by atoms with van der Waals surface area (Å²) in [5.74, 6) is -0.481. The Bertz CT molecular complexity index is 844. The van der Waals surface area contributed by atoms with E-state index in [1.807, 2.05) is 0 Å². The number of alkyl halides is 3. The van der Waals surface area contributed by atoms with E-state index in [0.29, 0.717) is 21.2 Å². The highest BCUT2D eigenvalue weighted by Gasteiger charge is 2.33. The zero-order chi connectivity index (χ0) is 16.8. The zero-order valence-corrected chi connectivity index (χ0v) is 12.9. The number of hydrogen-bond acceptors (Lipinski definition) is 1. The lowest BCUT2D eigenvalue weighted by Gasteiger charge is -2.08. The summed E-state index contributed by atoms with van der Waals surface area (Å²) in [5.41, 5.74) is 0.504. The van der Waals surface area contributed by atoms with Crippen molar-refractivity contribution in [3.05, 3.63) is 63.1 Å². The van der Waals surface area contributed by atoms with Crippen LogP contribution in [0.1, 0.15) is 16.7 Å². The van der Waals surface area contributed by atoms with Crippen LogP contribution in [-0.2, 0) is 11.0 Å². The van der Waals surface area contributed by atoms with Gasteiger partial charge in [0, 0.05) is 26.9 Å². The van der Waals surface area contributed by atoms with Gasteiger partial charge in [-0.3, -0.25) is 4.79 Å². The highest BCUT2D eigenvalue weighted by molar-refractivity contribution is 6.38. The summed E-state index contributed by atoms with van der Waals surface area (Å²) in [6.07, 6.45) is -2.95. The second kappa shape index (κ2) is 5.58. The van der Waals surface area contributed by atoms with Crippen molar-refractivity contribution >= 4 is 46.4 Å². The molecule has 0 aliphatic carbocycles. The molecule has 0 unspecified atom stereocenters. The lowest BCUT2D eigenvalue weighted by atomic mass is 10.0. The number of rotatable bonds is 1. The summed E-state index contributed by atoms with van der Waals surface area (Å²) in [7, 11) is 0. The Labute approximate surface area is 139 Å². The smallest absolute Gasteiger partial charge is 0.321 e. The number of halogens is 5. The van der Waals surface area contributed by atoms with Crippen LogP contribution in [0.2, 0.25) is 10.0 Å². The van der Waals surface area contributed by atoms with Gasteiger partial charge >= 0.3 is 6.18 Å². The Hall–Kier alpha value is -1.98. The molecule has 0 spiro atoms. The molecule has 1 aliphatic rings. The molecule has 118 valence electrons. The highest BCUT2D eigenvalue weighted by atomic mass is 35.5. The standard InChI is InChI=1S/C16H8Cl2F3NO/c17-10-3-1-8(13(18)7-10)5-12-11-4-2-9(16(19,20)21)6-14(11)22-15(12)23/h1-7H,(H,22,23)/b12-5-. The fraction of sp³-hybridized carbons (Fsp3) is 0.0625. The Morgan fingerprint density at radius 2 is 1.78 bits per heavy atom. The molecular formula is C16H8Cl2F3NO. The number of nitrogens with one attached hydrogen (secondary N) is 1. The normalized spacial score (nSPS) is 15.7. The Kier molecular flexibility index (Phi) is 3.86. The molecule has 1 aliphatic heterocycles. The van der Waals surface area contributed by atoms with Gasteiger partial charge in [0.2, 0.25) is 0 Å². The van der Waals surface area contributed by atoms with E-state index in [-0.39, 0.29) is 11.3 Å². The van der Waals surface area contributed by atoms with Gasteiger partial charge in [0.15, 0.2) is 0 Å². The van der Waals surface area contributed by atoms with Gasteiger partial charge in [-0.05, 0) is 35.9 Å². The highest BCUT2D eigenvalue weighted by Crippen LogP contribution is 2.38. The lowest BCUT2D eigenvalue weighted by Crippen LogP contribution is -2.06. The molecule has 1 N–H and O–H groups in total. The predicted molar refractivity (Wildman–Crippen MR) is 84.4 cm³/mol. The summed E-state index contributed by atoms with van der Waals surface area (Å²) in [6, 6.07) is 7.89. The van der Waals surface area contributed by atoms with Gasteiger partial charge in [0.1, 0.15) is 0 Å². The largest absolute Gasteiger partial charge is 0.416 e. The Morgan fingerprint density at radius 1 is 1.04 bits per heavy atom. The molecule has 0 bridgehead atoms. The number of carbonyl (C=O) groups excluding carboxylic acids is 1. The van der Waals surface area contributed by atoms with Crippen LogP contribution in [0.15, 0.2) is 36.4 Å². The molecule has 2 aromatic rings. The molecule has 0 saturated heterocycles. The molecule has 0 radical (unpaired) electrons. The van der Waals surface area contributed by atoms with Gasteiger partial charge in [0.05, 0.1) is 5.56 Å². The first kappa shape index (κ1) is 15.9. The van der Waals surface area contributed by atoms with Gasteiger partial charge in [-0.15, -0.1) is 0 Å². The average molecular weight is 358 g/mol. The maximum atomic E-state index is 12.7. The van der Waals surface area contributed by atoms with Crippen molar-refractivity contribution in [2.45, 2.75) is 6.18 Å². The quantitative estimate of drug-likeness (QED) is 0.670. The number of benzene rings is 2. The van der Waals surface area contributed by atoms with Crippen molar-refractivity contribution in [3.8, 4) is 0 Å². The fourth-order valence-corrected chi connectivity index (χ4v) is 2.75. The number of amides is 1. The number of fused-ring (bicyclic) bond motifs is 1. The summed E-state index contributed by atoms with van der Waals surface area (Å²) >= 11 is 11.9. The van der Waals surface area contributed by atoms with E-state index in [0.717, 1.165) is 12.1 Å². The molecule has 0 saturated carbocycles. The topological polar surface area (TPSA) is 29.1 Å². The first-order valence-electron chi connectivity index (χ1n) is 6.45. The van der Waals surface area contributed by atoms with E-state index in [2.05, 4.69) is 5.32 Å². The lowest BCUT2D eigenvalue weighted by molar-refractivity contribution is -0.137. The van der Waals surface area contributed by atoms with Crippen LogP contribution in [0.3, 0.4) is 0 Å². The minimum Gasteiger partial charge on any atom is -0.321 e. The van der Waals surface area contributed by atoms with Gasteiger partial charge in [0.25, 0.3) is 5.91 Å². The second-order valence-electron chi connectivity index (χ2n) is 4.94. The first-order valence-corrected chi connectivity index (χ1v) is 7.21. The fourth-order valence-electron chi connectivity index (χ4n) is 2.29. The maximum Gasteiger partial charge on any atom is 0.416 e. The van der Waals surface area contributed by atoms with Gasteiger partial charge in [-0.1, -0.05) is 35.3 Å². The minimum atomic E-state index is -4.47. The SMILES string of the molecule is O=C1Nc2cc(C(F)(F)F)ccc2/C1=C/c1ccc(Cl)cc1Cl. The van der Waals surface area contributed by atoms with E-state index in [9.17, 15) is 18.0 Å². The molecule has 3 rings (SSSR count). The molecule has 0 fully saturated rings. The monoisotopic (exact) mass is 357 g/mol. The molecular weight excluding hydrogens is 350 g/mol. The Balaban J connectivity index is 2.07. The molecule has 1 heterocycles. The summed E-state index contributed by atoms with van der Waals surface area (Å²) in [6.45, 7) is 0. The predicted octanol–water partition coefficient (Wildman–Crippen LogP) is 5.50. The zero-order valence-electron chi connectivity index (χ0n) is 11.3. The van der Waals surface area contributed by atoms with Crippen molar-refractivity contribution in [3.63, 3.8) is 0 Å². The van der Waals surface area contributed by atoms with Crippen molar-refractivity contribution in [2.24, 2.45) is 0 Å². The van der Waals surface area contributed by atoms with Gasteiger partial charge in [-0.25, -0.2) is 0 Å². The van der Waals surface area contributed by atoms with Crippen LogP contribution in [0.4, 0.5) is 18.9 Å². The van der Waals surface area contributed by atoms with Crippen molar-refractivity contribution in [1.82, 2.24) is 0 Å². The van der Waals surface area contributed by atoms with Crippen LogP contribution in [0.25, 0.3) is 11.6 Å². The molecule has 2 nitrogen and oxygen atoms in total. The van der Waals surface area contributed by atoms with Crippen molar-refractivity contribution < 1.29 is 18.0 Å². The van der Waals surface area contributed by atoms with Crippen LogP contribution in [0, 0.1) is 0 Å². The van der Waals surface area contributed by atoms with Crippen LogP contribution in [-0.4, -0.2) is 5.91 Å². The van der Waals surface area contributed by atoms with Crippen LogP contribution < -0.4 is 5.32 Å². The first-order chi connectivity index (χ1) is 10.8. The molecule has 23 heavy (non-hydrogen) atoms. The molecule has 2 aromatic carbocycles. The van der Waals surface area contributed by atoms with Crippen molar-refractivity contribution in [2.75, 3.05) is 5.32 Å². The van der Waals surface area contributed by atoms with E-state index >= 15 is 0 Å². The minimum absolute atomic E-state index is 0.126. The van der Waals surface area contributed by atoms with Gasteiger partial charge < -0.3 is 5.32 Å². The number of carbonyl (C=O) groups is 1. The summed E-state index contributed by atoms with van der Waals surface area (Å²) < 4.78 is 38.2. The van der Waals surface area contributed by atoms with E-state index in [4.69, 9.17) is 23.2 Å². The van der Waals surface area contributed by atoms with Crippen molar-refractivity contribution in [1.29, 1.82) is 0 Å². The molecule has 1 amide bonds. The molecule has 7 heteroatoms. The third-order valence-corrected chi connectivity index (χ3v) is 3.95. The summed E-state index contributed by atoms with van der Waals surface area (Å²) in [5, 5.41) is 3.23. The Morgan fingerprint density at radius 3 is 2.43 bits per heavy atom. The second-order valence-corrected chi connectivity index (χ2v) is 5.78. The third-order valence-electron chi connectivity index (χ3n) is 3.39. The number of anilines is 1. The molecule has 0 aromatic heterocycles. The van der Waals surface area contributed by atoms with Crippen LogP contribution >= 0.6 is 23.2 Å². The molecule has 0 atom stereocenters. The summed E-state index contributed by atoms with van der Waals surface area (Å²) in [4.78, 5) is 12.0. The van der Waals surface area contributed by atoms with E-state index in [1.165, 1.54) is 18.2 Å².